The van der Waals surface area contributed by atoms with Crippen LogP contribution in [-0.2, 0) is 4.74 Å². The zero-order chi connectivity index (χ0) is 15.5. The monoisotopic (exact) mass is 290 g/mol. The fraction of sp³-hybridized carbons (Fsp3) is 0.588. The maximum Gasteiger partial charge on any atom is 0.410 e. The van der Waals surface area contributed by atoms with Crippen molar-refractivity contribution in [1.29, 1.82) is 0 Å². The zero-order valence-electron chi connectivity index (χ0n) is 13.2. The molecular formula is C17H26N2O2. The van der Waals surface area contributed by atoms with Crippen LogP contribution in [0.4, 0.5) is 4.79 Å². The van der Waals surface area contributed by atoms with Gasteiger partial charge in [0.25, 0.3) is 0 Å². The van der Waals surface area contributed by atoms with Crippen molar-refractivity contribution in [2.75, 3.05) is 19.6 Å². The molecule has 2 atom stereocenters. The quantitative estimate of drug-likeness (QED) is 0.911. The number of carbonyl (C=O) groups excluding carboxylic acids is 1. The van der Waals surface area contributed by atoms with Crippen LogP contribution in [0.25, 0.3) is 0 Å². The van der Waals surface area contributed by atoms with Crippen LogP contribution in [-0.4, -0.2) is 36.2 Å². The third kappa shape index (κ3) is 4.21. The number of ether oxygens (including phenoxy) is 1. The van der Waals surface area contributed by atoms with Gasteiger partial charge in [-0.15, -0.1) is 0 Å². The molecule has 0 aromatic heterocycles. The Kier molecular flexibility index (Phi) is 4.88. The van der Waals surface area contributed by atoms with Crippen molar-refractivity contribution in [3.63, 3.8) is 0 Å². The van der Waals surface area contributed by atoms with Crippen molar-refractivity contribution in [3.8, 4) is 0 Å². The predicted molar refractivity (Wildman–Crippen MR) is 84.2 cm³/mol. The van der Waals surface area contributed by atoms with Crippen molar-refractivity contribution < 1.29 is 9.53 Å². The fourth-order valence-corrected chi connectivity index (χ4v) is 2.90. The van der Waals surface area contributed by atoms with Crippen molar-refractivity contribution in [2.24, 2.45) is 11.7 Å². The molecule has 1 heterocycles. The highest BCUT2D eigenvalue weighted by Crippen LogP contribution is 2.32. The van der Waals surface area contributed by atoms with Crippen LogP contribution < -0.4 is 5.73 Å². The summed E-state index contributed by atoms with van der Waals surface area (Å²) < 4.78 is 5.46. The van der Waals surface area contributed by atoms with E-state index in [4.69, 9.17) is 10.5 Å². The van der Waals surface area contributed by atoms with Gasteiger partial charge in [-0.1, -0.05) is 30.3 Å². The van der Waals surface area contributed by atoms with Gasteiger partial charge < -0.3 is 15.4 Å². The first-order valence-electron chi connectivity index (χ1n) is 7.63. The summed E-state index contributed by atoms with van der Waals surface area (Å²) in [5, 5.41) is 0. The second kappa shape index (κ2) is 6.48. The number of rotatable bonds is 2. The first-order valence-corrected chi connectivity index (χ1v) is 7.63. The summed E-state index contributed by atoms with van der Waals surface area (Å²) in [7, 11) is 0. The Morgan fingerprint density at radius 3 is 2.57 bits per heavy atom. The van der Waals surface area contributed by atoms with E-state index in [9.17, 15) is 4.79 Å². The molecule has 0 saturated carbocycles. The van der Waals surface area contributed by atoms with Gasteiger partial charge in [0.15, 0.2) is 0 Å². The van der Waals surface area contributed by atoms with Gasteiger partial charge in [0.1, 0.15) is 5.60 Å². The molecule has 0 radical (unpaired) electrons. The Balaban J connectivity index is 2.03. The molecule has 1 saturated heterocycles. The topological polar surface area (TPSA) is 55.6 Å². The molecule has 0 aliphatic carbocycles. The summed E-state index contributed by atoms with van der Waals surface area (Å²) in [6.07, 6.45) is 0.706. The third-order valence-corrected chi connectivity index (χ3v) is 3.92. The fourth-order valence-electron chi connectivity index (χ4n) is 2.90. The SMILES string of the molecule is CC(C)(C)OC(=O)N1CC[C@@H](c2ccccc2)[C@H](CN)C1. The van der Waals surface area contributed by atoms with Gasteiger partial charge in [0, 0.05) is 13.1 Å². The first kappa shape index (κ1) is 15.8. The maximum atomic E-state index is 12.2. The highest BCUT2D eigenvalue weighted by molar-refractivity contribution is 5.68. The van der Waals surface area contributed by atoms with Crippen molar-refractivity contribution in [1.82, 2.24) is 4.90 Å². The average Bonchev–Trinajstić information content (AvgIpc) is 2.45. The van der Waals surface area contributed by atoms with Gasteiger partial charge in [-0.25, -0.2) is 4.79 Å². The highest BCUT2D eigenvalue weighted by Gasteiger charge is 2.33. The molecule has 1 aromatic rings. The molecule has 1 amide bonds. The number of benzene rings is 1. The lowest BCUT2D eigenvalue weighted by molar-refractivity contribution is 0.0150. The van der Waals surface area contributed by atoms with E-state index in [2.05, 4.69) is 24.3 Å². The van der Waals surface area contributed by atoms with E-state index < -0.39 is 5.60 Å². The number of amides is 1. The molecule has 4 nitrogen and oxygen atoms in total. The Morgan fingerprint density at radius 2 is 2.00 bits per heavy atom. The van der Waals surface area contributed by atoms with Crippen LogP contribution in [0.1, 0.15) is 38.7 Å². The number of likely N-dealkylation sites (tertiary alicyclic amines) is 1. The van der Waals surface area contributed by atoms with Crippen molar-refractivity contribution in [2.45, 2.75) is 38.7 Å². The van der Waals surface area contributed by atoms with Gasteiger partial charge in [-0.05, 0) is 51.1 Å². The summed E-state index contributed by atoms with van der Waals surface area (Å²) >= 11 is 0. The Morgan fingerprint density at radius 1 is 1.33 bits per heavy atom. The molecule has 1 aliphatic heterocycles. The number of piperidine rings is 1. The van der Waals surface area contributed by atoms with Crippen LogP contribution in [0.2, 0.25) is 0 Å². The summed E-state index contributed by atoms with van der Waals surface area (Å²) in [5.41, 5.74) is 6.81. The van der Waals surface area contributed by atoms with Crippen LogP contribution in [0.15, 0.2) is 30.3 Å². The van der Waals surface area contributed by atoms with Crippen molar-refractivity contribution >= 4 is 6.09 Å². The number of nitrogens with two attached hydrogens (primary N) is 1. The molecule has 1 fully saturated rings. The Hall–Kier alpha value is -1.55. The summed E-state index contributed by atoms with van der Waals surface area (Å²) in [6, 6.07) is 10.4. The minimum absolute atomic E-state index is 0.229. The Labute approximate surface area is 127 Å². The van der Waals surface area contributed by atoms with E-state index in [0.29, 0.717) is 19.0 Å². The summed E-state index contributed by atoms with van der Waals surface area (Å²) in [5.74, 6) is 0.712. The van der Waals surface area contributed by atoms with Crippen LogP contribution in [0.3, 0.4) is 0 Å². The van der Waals surface area contributed by atoms with E-state index in [1.165, 1.54) is 5.56 Å². The molecule has 0 unspecified atom stereocenters. The van der Waals surface area contributed by atoms with Gasteiger partial charge in [0.2, 0.25) is 0 Å². The Bertz CT molecular complexity index is 467. The average molecular weight is 290 g/mol. The van der Waals surface area contributed by atoms with Crippen molar-refractivity contribution in [3.05, 3.63) is 35.9 Å². The van der Waals surface area contributed by atoms with E-state index in [1.807, 2.05) is 26.8 Å². The largest absolute Gasteiger partial charge is 0.444 e. The number of hydrogen-bond donors (Lipinski definition) is 1. The molecule has 0 spiro atoms. The minimum atomic E-state index is -0.453. The molecule has 1 aromatic carbocycles. The molecule has 4 heteroatoms. The third-order valence-electron chi connectivity index (χ3n) is 3.92. The number of carbonyl (C=O) groups is 1. The molecule has 2 rings (SSSR count). The van der Waals surface area contributed by atoms with Crippen LogP contribution in [0.5, 0.6) is 0 Å². The normalized spacial score (nSPS) is 23.0. The van der Waals surface area contributed by atoms with E-state index in [1.54, 1.807) is 4.90 Å². The lowest BCUT2D eigenvalue weighted by Gasteiger charge is -2.38. The summed E-state index contributed by atoms with van der Waals surface area (Å²) in [6.45, 7) is 7.65. The maximum absolute atomic E-state index is 12.2. The first-order chi connectivity index (χ1) is 9.90. The lowest BCUT2D eigenvalue weighted by Crippen LogP contribution is -2.47. The van der Waals surface area contributed by atoms with Gasteiger partial charge in [-0.2, -0.15) is 0 Å². The predicted octanol–water partition coefficient (Wildman–Crippen LogP) is 2.99. The highest BCUT2D eigenvalue weighted by atomic mass is 16.6. The molecule has 116 valence electrons. The molecule has 1 aliphatic rings. The minimum Gasteiger partial charge on any atom is -0.444 e. The second-order valence-electron chi connectivity index (χ2n) is 6.73. The zero-order valence-corrected chi connectivity index (χ0v) is 13.2. The number of hydrogen-bond acceptors (Lipinski definition) is 3. The molecule has 2 N–H and O–H groups in total. The van der Waals surface area contributed by atoms with Crippen LogP contribution >= 0.6 is 0 Å². The lowest BCUT2D eigenvalue weighted by atomic mass is 9.80. The van der Waals surface area contributed by atoms with Gasteiger partial charge >= 0.3 is 6.09 Å². The molecule has 0 bridgehead atoms. The molecule has 21 heavy (non-hydrogen) atoms. The molecular weight excluding hydrogens is 264 g/mol. The number of nitrogens with zero attached hydrogens (tertiary/aromatic N) is 1. The summed E-state index contributed by atoms with van der Waals surface area (Å²) in [4.78, 5) is 14.0. The van der Waals surface area contributed by atoms with Gasteiger partial charge in [0.05, 0.1) is 0 Å². The second-order valence-corrected chi connectivity index (χ2v) is 6.73. The standard InChI is InChI=1S/C17H26N2O2/c1-17(2,3)21-16(20)19-10-9-15(14(11-18)12-19)13-7-5-4-6-8-13/h4-8,14-15H,9-12,18H2,1-3H3/t14-,15+/m1/s1. The van der Waals surface area contributed by atoms with Crippen LogP contribution in [0, 0.1) is 5.92 Å². The van der Waals surface area contributed by atoms with E-state index in [0.717, 1.165) is 13.0 Å². The van der Waals surface area contributed by atoms with E-state index in [-0.39, 0.29) is 12.0 Å². The smallest absolute Gasteiger partial charge is 0.410 e. The van der Waals surface area contributed by atoms with Gasteiger partial charge in [-0.3, -0.25) is 0 Å². The van der Waals surface area contributed by atoms with E-state index >= 15 is 0 Å².